The smallest absolute Gasteiger partial charge is 0.300 e. The normalized spacial score (nSPS) is 10.6. The van der Waals surface area contributed by atoms with Crippen LogP contribution < -0.4 is 20.9 Å². The largest absolute Gasteiger partial charge is 0.438 e. The minimum Gasteiger partial charge on any atom is -0.438 e. The summed E-state index contributed by atoms with van der Waals surface area (Å²) in [6.45, 7) is 2.39. The van der Waals surface area contributed by atoms with Crippen molar-refractivity contribution in [3.8, 4) is 23.5 Å². The molecule has 0 unspecified atom stereocenters. The molecule has 0 radical (unpaired) electrons. The van der Waals surface area contributed by atoms with Crippen LogP contribution in [0.3, 0.4) is 0 Å². The van der Waals surface area contributed by atoms with Crippen LogP contribution in [0, 0.1) is 18.8 Å². The van der Waals surface area contributed by atoms with Gasteiger partial charge in [-0.3, -0.25) is 14.5 Å². The third kappa shape index (κ3) is 6.02. The van der Waals surface area contributed by atoms with Gasteiger partial charge < -0.3 is 19.9 Å². The Hall–Kier alpha value is -4.75. The first-order valence-electron chi connectivity index (χ1n) is 11.1. The molecule has 0 saturated carbocycles. The molecule has 0 saturated heterocycles. The second-order valence-electron chi connectivity index (χ2n) is 8.33. The summed E-state index contributed by atoms with van der Waals surface area (Å²) >= 11 is 0. The first kappa shape index (κ1) is 24.4. The van der Waals surface area contributed by atoms with Crippen LogP contribution in [0.25, 0.3) is 10.9 Å². The van der Waals surface area contributed by atoms with Gasteiger partial charge in [0, 0.05) is 23.8 Å². The van der Waals surface area contributed by atoms with Gasteiger partial charge in [-0.2, -0.15) is 0 Å². The number of nitrogens with zero attached hydrogens (tertiary/aromatic N) is 5. The quantitative estimate of drug-likeness (QED) is 0.402. The van der Waals surface area contributed by atoms with E-state index in [0.717, 1.165) is 22.2 Å². The molecular formula is C26H25N7O3. The molecule has 0 aliphatic rings. The number of amides is 1. The van der Waals surface area contributed by atoms with E-state index in [9.17, 15) is 9.59 Å². The molecule has 1 amide bonds. The van der Waals surface area contributed by atoms with Crippen molar-refractivity contribution < 1.29 is 9.53 Å². The van der Waals surface area contributed by atoms with Gasteiger partial charge >= 0.3 is 0 Å². The lowest BCUT2D eigenvalue weighted by Crippen LogP contribution is -2.15. The van der Waals surface area contributed by atoms with E-state index < -0.39 is 0 Å². The summed E-state index contributed by atoms with van der Waals surface area (Å²) in [6, 6.07) is 12.2. The van der Waals surface area contributed by atoms with Crippen molar-refractivity contribution in [1.82, 2.24) is 24.4 Å². The molecule has 0 aliphatic carbocycles. The highest BCUT2D eigenvalue weighted by Gasteiger charge is 2.09. The molecule has 10 heteroatoms. The lowest BCUT2D eigenvalue weighted by Gasteiger charge is -2.12. The Morgan fingerprint density at radius 1 is 1.08 bits per heavy atom. The van der Waals surface area contributed by atoms with Crippen LogP contribution in [0.15, 0.2) is 59.9 Å². The number of anilines is 3. The summed E-state index contributed by atoms with van der Waals surface area (Å²) in [6.07, 6.45) is 2.89. The van der Waals surface area contributed by atoms with Gasteiger partial charge in [-0.05, 0) is 68.9 Å². The number of fused-ring (bicyclic) bond motifs is 1. The summed E-state index contributed by atoms with van der Waals surface area (Å²) < 4.78 is 7.15. The molecule has 0 aliphatic heterocycles. The molecule has 2 aromatic heterocycles. The van der Waals surface area contributed by atoms with Crippen molar-refractivity contribution >= 4 is 34.0 Å². The summed E-state index contributed by atoms with van der Waals surface area (Å²) in [5, 5.41) is 6.82. The van der Waals surface area contributed by atoms with Crippen LogP contribution in [0.4, 0.5) is 17.2 Å². The predicted molar refractivity (Wildman–Crippen MR) is 139 cm³/mol. The highest BCUT2D eigenvalue weighted by atomic mass is 16.5. The molecule has 182 valence electrons. The second kappa shape index (κ2) is 10.7. The van der Waals surface area contributed by atoms with E-state index in [1.165, 1.54) is 23.3 Å². The molecule has 36 heavy (non-hydrogen) atoms. The zero-order valence-electron chi connectivity index (χ0n) is 20.4. The van der Waals surface area contributed by atoms with E-state index in [1.807, 2.05) is 44.1 Å². The average Bonchev–Trinajstić information content (AvgIpc) is 2.83. The van der Waals surface area contributed by atoms with Crippen molar-refractivity contribution in [3.63, 3.8) is 0 Å². The Kier molecular flexibility index (Phi) is 7.23. The Labute approximate surface area is 208 Å². The van der Waals surface area contributed by atoms with Gasteiger partial charge in [0.2, 0.25) is 5.88 Å². The minimum absolute atomic E-state index is 0.206. The molecular weight excluding hydrogens is 458 g/mol. The number of nitrogens with one attached hydrogen (secondary N) is 2. The monoisotopic (exact) mass is 483 g/mol. The first-order chi connectivity index (χ1) is 17.3. The van der Waals surface area contributed by atoms with Gasteiger partial charge in [-0.15, -0.1) is 0 Å². The van der Waals surface area contributed by atoms with Crippen LogP contribution in [0.1, 0.15) is 5.56 Å². The molecule has 4 aromatic rings. The Morgan fingerprint density at radius 2 is 1.89 bits per heavy atom. The van der Waals surface area contributed by atoms with Crippen molar-refractivity contribution in [2.45, 2.75) is 6.92 Å². The maximum Gasteiger partial charge on any atom is 0.300 e. The molecule has 10 nitrogen and oxygen atoms in total. The fourth-order valence-corrected chi connectivity index (χ4v) is 3.27. The number of carbonyl (C=O) groups is 1. The van der Waals surface area contributed by atoms with E-state index in [0.29, 0.717) is 23.8 Å². The van der Waals surface area contributed by atoms with Gasteiger partial charge in [0.15, 0.2) is 0 Å². The predicted octanol–water partition coefficient (Wildman–Crippen LogP) is 3.07. The summed E-state index contributed by atoms with van der Waals surface area (Å²) in [7, 11) is 5.39. The third-order valence-corrected chi connectivity index (χ3v) is 5.10. The zero-order chi connectivity index (χ0) is 25.7. The van der Waals surface area contributed by atoms with Crippen molar-refractivity contribution in [3.05, 3.63) is 71.0 Å². The molecule has 2 N–H and O–H groups in total. The van der Waals surface area contributed by atoms with Gasteiger partial charge in [0.1, 0.15) is 24.2 Å². The lowest BCUT2D eigenvalue weighted by atomic mass is 10.1. The Morgan fingerprint density at radius 3 is 2.64 bits per heavy atom. The summed E-state index contributed by atoms with van der Waals surface area (Å²) in [5.41, 5.74) is 2.72. The van der Waals surface area contributed by atoms with Gasteiger partial charge in [0.25, 0.3) is 11.5 Å². The minimum atomic E-state index is -0.389. The molecule has 2 aromatic carbocycles. The number of benzene rings is 2. The van der Waals surface area contributed by atoms with E-state index in [4.69, 9.17) is 4.74 Å². The Bertz CT molecular complexity index is 1550. The number of carbonyl (C=O) groups excluding carboxylic acids is 1. The molecule has 4 rings (SSSR count). The number of ether oxygens (including phenoxy) is 1. The first-order valence-corrected chi connectivity index (χ1v) is 11.1. The van der Waals surface area contributed by atoms with Crippen LogP contribution in [-0.2, 0) is 11.8 Å². The average molecular weight is 484 g/mol. The van der Waals surface area contributed by atoms with Crippen LogP contribution in [0.2, 0.25) is 0 Å². The SMILES string of the molecule is Cc1cc(Nc2ncnc3ccc(NC(=O)C#CCN(C)C)cc23)ccc1Oc1cc(=O)n(C)cn1. The fraction of sp³-hybridized carbons (Fsp3) is 0.192. The summed E-state index contributed by atoms with van der Waals surface area (Å²) in [4.78, 5) is 38.7. The van der Waals surface area contributed by atoms with Crippen molar-refractivity contribution in [2.24, 2.45) is 7.05 Å². The molecule has 0 atom stereocenters. The number of hydrogen-bond acceptors (Lipinski definition) is 8. The Balaban J connectivity index is 1.53. The molecule has 0 bridgehead atoms. The standard InChI is InChI=1S/C26H25N7O3/c1-17-12-18(8-10-22(17)36-24-14-25(35)33(4)16-29-24)31-26-20-13-19(7-9-21(20)27-15-28-26)30-23(34)6-5-11-32(2)3/h7-10,12-16H,11H2,1-4H3,(H,30,34)(H,27,28,31). The van der Waals surface area contributed by atoms with Gasteiger partial charge in [-0.1, -0.05) is 5.92 Å². The topological polar surface area (TPSA) is 114 Å². The zero-order valence-corrected chi connectivity index (χ0v) is 20.4. The van der Waals surface area contributed by atoms with Crippen LogP contribution >= 0.6 is 0 Å². The lowest BCUT2D eigenvalue weighted by molar-refractivity contribution is -0.111. The highest BCUT2D eigenvalue weighted by molar-refractivity contribution is 6.05. The fourth-order valence-electron chi connectivity index (χ4n) is 3.27. The number of rotatable bonds is 6. The maximum absolute atomic E-state index is 12.2. The molecule has 2 heterocycles. The van der Waals surface area contributed by atoms with Crippen LogP contribution in [0.5, 0.6) is 11.6 Å². The van der Waals surface area contributed by atoms with E-state index in [2.05, 4.69) is 37.4 Å². The van der Waals surface area contributed by atoms with Gasteiger partial charge in [-0.25, -0.2) is 15.0 Å². The highest BCUT2D eigenvalue weighted by Crippen LogP contribution is 2.29. The number of aryl methyl sites for hydroxylation is 2. The molecule has 0 fully saturated rings. The van der Waals surface area contributed by atoms with Crippen molar-refractivity contribution in [2.75, 3.05) is 31.3 Å². The molecule has 0 spiro atoms. The second-order valence-corrected chi connectivity index (χ2v) is 8.33. The van der Waals surface area contributed by atoms with Gasteiger partial charge in [0.05, 0.1) is 18.1 Å². The number of hydrogen-bond donors (Lipinski definition) is 2. The van der Waals surface area contributed by atoms with E-state index >= 15 is 0 Å². The van der Waals surface area contributed by atoms with Crippen molar-refractivity contribution in [1.29, 1.82) is 0 Å². The van der Waals surface area contributed by atoms with E-state index in [1.54, 1.807) is 25.2 Å². The van der Waals surface area contributed by atoms with E-state index in [-0.39, 0.29) is 17.3 Å². The maximum atomic E-state index is 12.2. The number of aromatic nitrogens is 4. The third-order valence-electron chi connectivity index (χ3n) is 5.10. The summed E-state index contributed by atoms with van der Waals surface area (Å²) in [5.74, 6) is 6.38. The van der Waals surface area contributed by atoms with Crippen LogP contribution in [-0.4, -0.2) is 51.0 Å².